The highest BCUT2D eigenvalue weighted by Gasteiger charge is 2.11. The number of carbonyl (C=O) groups is 1. The normalized spacial score (nSPS) is 10.7. The Hall–Kier alpha value is -1.26. The van der Waals surface area contributed by atoms with Crippen molar-refractivity contribution in [2.75, 3.05) is 32.9 Å². The lowest BCUT2D eigenvalue weighted by atomic mass is 10.2. The number of hydrogen-bond acceptors (Lipinski definition) is 3. The van der Waals surface area contributed by atoms with Crippen LogP contribution in [0.3, 0.4) is 0 Å². The molecule has 0 spiro atoms. The van der Waals surface area contributed by atoms with Crippen LogP contribution in [0.4, 0.5) is 5.69 Å². The molecule has 0 aliphatic rings. The van der Waals surface area contributed by atoms with Gasteiger partial charge >= 0.3 is 0 Å². The van der Waals surface area contributed by atoms with Crippen LogP contribution in [0.25, 0.3) is 0 Å². The molecule has 1 aromatic carbocycles. The summed E-state index contributed by atoms with van der Waals surface area (Å²) >= 11 is 5.98. The van der Waals surface area contributed by atoms with Gasteiger partial charge in [-0.05, 0) is 45.6 Å². The minimum atomic E-state index is -0.169. The van der Waals surface area contributed by atoms with E-state index in [2.05, 4.69) is 10.2 Å². The van der Waals surface area contributed by atoms with Gasteiger partial charge in [0, 0.05) is 6.54 Å². The lowest BCUT2D eigenvalue weighted by Crippen LogP contribution is -2.25. The number of hydrogen-bond donors (Lipinski definition) is 2. The maximum atomic E-state index is 11.9. The maximum Gasteiger partial charge on any atom is 0.252 e. The first-order chi connectivity index (χ1) is 8.52. The molecule has 4 nitrogen and oxygen atoms in total. The first kappa shape index (κ1) is 14.8. The summed E-state index contributed by atoms with van der Waals surface area (Å²) in [6.45, 7) is 1.67. The van der Waals surface area contributed by atoms with Crippen LogP contribution in [-0.2, 0) is 0 Å². The molecule has 0 heterocycles. The summed E-state index contributed by atoms with van der Waals surface area (Å²) in [4.78, 5) is 14.0. The highest BCUT2D eigenvalue weighted by atomic mass is 35.5. The van der Waals surface area contributed by atoms with Crippen LogP contribution in [0.2, 0.25) is 5.02 Å². The highest BCUT2D eigenvalue weighted by molar-refractivity contribution is 6.36. The fourth-order valence-electron chi connectivity index (χ4n) is 1.58. The Labute approximate surface area is 113 Å². The van der Waals surface area contributed by atoms with E-state index in [0.29, 0.717) is 22.8 Å². The van der Waals surface area contributed by atoms with Crippen LogP contribution in [0.1, 0.15) is 23.2 Å². The third-order valence-electron chi connectivity index (χ3n) is 2.59. The van der Waals surface area contributed by atoms with Crippen LogP contribution in [0.5, 0.6) is 0 Å². The number of anilines is 1. The average molecular weight is 270 g/mol. The lowest BCUT2D eigenvalue weighted by Gasteiger charge is -2.10. The Bertz CT molecular complexity index is 407. The van der Waals surface area contributed by atoms with Crippen LogP contribution >= 0.6 is 11.6 Å². The first-order valence-electron chi connectivity index (χ1n) is 5.99. The second kappa shape index (κ2) is 7.24. The van der Waals surface area contributed by atoms with Crippen LogP contribution in [0, 0.1) is 0 Å². The third-order valence-corrected chi connectivity index (χ3v) is 3.01. The van der Waals surface area contributed by atoms with Gasteiger partial charge < -0.3 is 16.0 Å². The van der Waals surface area contributed by atoms with E-state index in [1.165, 1.54) is 0 Å². The first-order valence-corrected chi connectivity index (χ1v) is 6.37. The number of carbonyl (C=O) groups excluding carboxylic acids is 1. The predicted octanol–water partition coefficient (Wildman–Crippen LogP) is 1.99. The summed E-state index contributed by atoms with van der Waals surface area (Å²) in [5.74, 6) is -0.169. The second-order valence-corrected chi connectivity index (χ2v) is 4.85. The molecule has 0 aliphatic heterocycles. The molecule has 5 heteroatoms. The molecule has 1 rings (SSSR count). The molecule has 0 aromatic heterocycles. The second-order valence-electron chi connectivity index (χ2n) is 4.48. The number of nitrogens with one attached hydrogen (secondary N) is 1. The molecule has 1 aromatic rings. The standard InChI is InChI=1S/C13H20ClN3O/c1-17(2)9-4-3-8-16-13(18)10-6-5-7-11(15)12(10)14/h5-7H,3-4,8-9,15H2,1-2H3,(H,16,18). The average Bonchev–Trinajstić information content (AvgIpc) is 2.31. The van der Waals surface area contributed by atoms with Gasteiger partial charge in [-0.15, -0.1) is 0 Å². The fraction of sp³-hybridized carbons (Fsp3) is 0.462. The SMILES string of the molecule is CN(C)CCCCNC(=O)c1cccc(N)c1Cl. The molecule has 0 saturated carbocycles. The number of halogens is 1. The van der Waals surface area contributed by atoms with Gasteiger partial charge in [0.05, 0.1) is 16.3 Å². The number of unbranched alkanes of at least 4 members (excludes halogenated alkanes) is 1. The van der Waals surface area contributed by atoms with Crippen molar-refractivity contribution in [2.24, 2.45) is 0 Å². The van der Waals surface area contributed by atoms with Gasteiger partial charge in [-0.2, -0.15) is 0 Å². The van der Waals surface area contributed by atoms with E-state index in [4.69, 9.17) is 17.3 Å². The van der Waals surface area contributed by atoms with E-state index in [9.17, 15) is 4.79 Å². The van der Waals surface area contributed by atoms with Crippen LogP contribution in [-0.4, -0.2) is 38.0 Å². The van der Waals surface area contributed by atoms with Crippen molar-refractivity contribution >= 4 is 23.2 Å². The Morgan fingerprint density at radius 2 is 2.11 bits per heavy atom. The third kappa shape index (κ3) is 4.55. The zero-order valence-corrected chi connectivity index (χ0v) is 11.6. The Morgan fingerprint density at radius 3 is 2.78 bits per heavy atom. The summed E-state index contributed by atoms with van der Waals surface area (Å²) in [6, 6.07) is 5.08. The molecular formula is C13H20ClN3O. The summed E-state index contributed by atoms with van der Waals surface area (Å²) in [5.41, 5.74) is 6.51. The van der Waals surface area contributed by atoms with E-state index < -0.39 is 0 Å². The van der Waals surface area contributed by atoms with Crippen molar-refractivity contribution in [1.82, 2.24) is 10.2 Å². The van der Waals surface area contributed by atoms with Crippen LogP contribution in [0.15, 0.2) is 18.2 Å². The van der Waals surface area contributed by atoms with Crippen molar-refractivity contribution in [3.63, 3.8) is 0 Å². The zero-order valence-electron chi connectivity index (χ0n) is 10.9. The van der Waals surface area contributed by atoms with E-state index in [0.717, 1.165) is 19.4 Å². The van der Waals surface area contributed by atoms with Gasteiger partial charge in [-0.25, -0.2) is 0 Å². The van der Waals surface area contributed by atoms with E-state index in [1.54, 1.807) is 18.2 Å². The van der Waals surface area contributed by atoms with Crippen molar-refractivity contribution in [1.29, 1.82) is 0 Å². The number of rotatable bonds is 6. The summed E-state index contributed by atoms with van der Waals surface area (Å²) < 4.78 is 0. The smallest absolute Gasteiger partial charge is 0.252 e. The topological polar surface area (TPSA) is 58.4 Å². The Kier molecular flexibility index (Phi) is 5.95. The van der Waals surface area contributed by atoms with Gasteiger partial charge in [-0.1, -0.05) is 17.7 Å². The van der Waals surface area contributed by atoms with Crippen LogP contribution < -0.4 is 11.1 Å². The van der Waals surface area contributed by atoms with Gasteiger partial charge in [0.2, 0.25) is 0 Å². The Morgan fingerprint density at radius 1 is 1.39 bits per heavy atom. The van der Waals surface area contributed by atoms with Gasteiger partial charge in [0.25, 0.3) is 5.91 Å². The predicted molar refractivity (Wildman–Crippen MR) is 76.0 cm³/mol. The van der Waals surface area contributed by atoms with Crippen molar-refractivity contribution in [3.8, 4) is 0 Å². The lowest BCUT2D eigenvalue weighted by molar-refractivity contribution is 0.0953. The molecule has 0 atom stereocenters. The van der Waals surface area contributed by atoms with E-state index >= 15 is 0 Å². The minimum absolute atomic E-state index is 0.169. The summed E-state index contributed by atoms with van der Waals surface area (Å²) in [7, 11) is 4.07. The molecule has 1 amide bonds. The largest absolute Gasteiger partial charge is 0.398 e. The molecule has 0 radical (unpaired) electrons. The van der Waals surface area contributed by atoms with Crippen molar-refractivity contribution in [3.05, 3.63) is 28.8 Å². The molecule has 3 N–H and O–H groups in total. The Balaban J connectivity index is 2.39. The number of amides is 1. The van der Waals surface area contributed by atoms with E-state index in [1.807, 2.05) is 14.1 Å². The quantitative estimate of drug-likeness (QED) is 0.613. The molecule has 0 aliphatic carbocycles. The monoisotopic (exact) mass is 269 g/mol. The molecule has 0 fully saturated rings. The molecule has 100 valence electrons. The zero-order chi connectivity index (χ0) is 13.5. The van der Waals surface area contributed by atoms with Gasteiger partial charge in [-0.3, -0.25) is 4.79 Å². The molecule has 0 saturated heterocycles. The minimum Gasteiger partial charge on any atom is -0.398 e. The van der Waals surface area contributed by atoms with Crippen molar-refractivity contribution < 1.29 is 4.79 Å². The molecular weight excluding hydrogens is 250 g/mol. The molecule has 0 unspecified atom stereocenters. The maximum absolute atomic E-state index is 11.9. The highest BCUT2D eigenvalue weighted by Crippen LogP contribution is 2.22. The molecule has 0 bridgehead atoms. The number of nitrogens with two attached hydrogens (primary N) is 1. The number of benzene rings is 1. The number of nitrogens with zero attached hydrogens (tertiary/aromatic N) is 1. The van der Waals surface area contributed by atoms with Crippen molar-refractivity contribution in [2.45, 2.75) is 12.8 Å². The van der Waals surface area contributed by atoms with E-state index in [-0.39, 0.29) is 5.91 Å². The summed E-state index contributed by atoms with van der Waals surface area (Å²) in [6.07, 6.45) is 2.00. The summed E-state index contributed by atoms with van der Waals surface area (Å²) in [5, 5.41) is 3.17. The van der Waals surface area contributed by atoms with Gasteiger partial charge in [0.1, 0.15) is 0 Å². The fourth-order valence-corrected chi connectivity index (χ4v) is 1.79. The number of nitrogen functional groups attached to an aromatic ring is 1. The van der Waals surface area contributed by atoms with Gasteiger partial charge in [0.15, 0.2) is 0 Å². The molecule has 18 heavy (non-hydrogen) atoms.